The van der Waals surface area contributed by atoms with Crippen LogP contribution in [0.2, 0.25) is 0 Å². The molecule has 3 N–H and O–H groups in total. The van der Waals surface area contributed by atoms with Crippen LogP contribution in [0.3, 0.4) is 0 Å². The summed E-state index contributed by atoms with van der Waals surface area (Å²) in [5.74, 6) is 1.03. The Morgan fingerprint density at radius 3 is 2.94 bits per heavy atom. The predicted molar refractivity (Wildman–Crippen MR) is 65.5 cm³/mol. The van der Waals surface area contributed by atoms with Crippen LogP contribution in [0.25, 0.3) is 5.69 Å². The van der Waals surface area contributed by atoms with E-state index in [1.54, 1.807) is 6.20 Å². The van der Waals surface area contributed by atoms with E-state index in [0.29, 0.717) is 5.56 Å². The number of para-hydroxylation sites is 1. The summed E-state index contributed by atoms with van der Waals surface area (Å²) >= 11 is 0. The third-order valence-electron chi connectivity index (χ3n) is 2.58. The topological polar surface area (TPSA) is 76.4 Å². The molecule has 0 bridgehead atoms. The Morgan fingerprint density at radius 1 is 1.47 bits per heavy atom. The highest BCUT2D eigenvalue weighted by atomic mass is 16.4. The van der Waals surface area contributed by atoms with Crippen molar-refractivity contribution in [1.29, 1.82) is 0 Å². The predicted octanol–water partition coefficient (Wildman–Crippen LogP) is 1.53. The van der Waals surface area contributed by atoms with Crippen molar-refractivity contribution in [2.24, 2.45) is 10.9 Å². The van der Waals surface area contributed by atoms with Gasteiger partial charge < -0.3 is 15.5 Å². The molecule has 88 valence electrons. The fourth-order valence-corrected chi connectivity index (χ4v) is 1.77. The first-order chi connectivity index (χ1) is 8.27. The summed E-state index contributed by atoms with van der Waals surface area (Å²) in [5, 5.41) is 11.8. The molecular formula is C12H14N4O. The first kappa shape index (κ1) is 11.2. The molecule has 0 aliphatic carbocycles. The minimum Gasteiger partial charge on any atom is -0.409 e. The molecule has 1 aromatic carbocycles. The Hall–Kier alpha value is -2.30. The van der Waals surface area contributed by atoms with Gasteiger partial charge in [-0.1, -0.05) is 24.2 Å². The maximum Gasteiger partial charge on any atom is 0.172 e. The average molecular weight is 230 g/mol. The van der Waals surface area contributed by atoms with Crippen molar-refractivity contribution in [3.63, 3.8) is 0 Å². The van der Waals surface area contributed by atoms with Gasteiger partial charge in [0, 0.05) is 24.4 Å². The molecule has 1 aromatic heterocycles. The van der Waals surface area contributed by atoms with Crippen LogP contribution in [0.1, 0.15) is 18.3 Å². The zero-order valence-corrected chi connectivity index (χ0v) is 9.54. The Kier molecular flexibility index (Phi) is 3.09. The van der Waals surface area contributed by atoms with Gasteiger partial charge in [-0.3, -0.25) is 0 Å². The molecule has 0 radical (unpaired) electrons. The minimum absolute atomic E-state index is 0.0938. The van der Waals surface area contributed by atoms with Crippen LogP contribution in [-0.4, -0.2) is 20.6 Å². The van der Waals surface area contributed by atoms with E-state index >= 15 is 0 Å². The highest BCUT2D eigenvalue weighted by Gasteiger charge is 2.10. The largest absolute Gasteiger partial charge is 0.409 e. The fraction of sp³-hybridized carbons (Fsp3) is 0.167. The van der Waals surface area contributed by atoms with Crippen molar-refractivity contribution in [3.05, 3.63) is 48.0 Å². The van der Waals surface area contributed by atoms with Gasteiger partial charge in [0.05, 0.1) is 5.69 Å². The smallest absolute Gasteiger partial charge is 0.172 e. The summed E-state index contributed by atoms with van der Waals surface area (Å²) in [4.78, 5) is 4.26. The van der Waals surface area contributed by atoms with Crippen molar-refractivity contribution in [2.45, 2.75) is 13.3 Å². The number of nitrogens with two attached hydrogens (primary N) is 1. The second kappa shape index (κ2) is 4.69. The lowest BCUT2D eigenvalue weighted by Crippen LogP contribution is -2.16. The molecule has 0 unspecified atom stereocenters. The van der Waals surface area contributed by atoms with Crippen molar-refractivity contribution in [1.82, 2.24) is 9.55 Å². The van der Waals surface area contributed by atoms with Crippen molar-refractivity contribution in [2.75, 3.05) is 0 Å². The van der Waals surface area contributed by atoms with Crippen LogP contribution in [0.5, 0.6) is 0 Å². The number of amidine groups is 1. The molecule has 1 heterocycles. The molecule has 0 fully saturated rings. The number of hydrogen-bond acceptors (Lipinski definition) is 3. The molecule has 5 nitrogen and oxygen atoms in total. The van der Waals surface area contributed by atoms with Gasteiger partial charge in [0.25, 0.3) is 0 Å². The van der Waals surface area contributed by atoms with Crippen LogP contribution in [0.4, 0.5) is 0 Å². The standard InChI is InChI=1S/C12H14N4O/c1-2-11-14-7-8-16(11)10-6-4-3-5-9(10)12(13)15-17/h3-8,17H,2H2,1H3,(H2,13,15). The quantitative estimate of drug-likeness (QED) is 0.363. The number of nitrogens with zero attached hydrogens (tertiary/aromatic N) is 3. The van der Waals surface area contributed by atoms with E-state index in [1.165, 1.54) is 0 Å². The Morgan fingerprint density at radius 2 is 2.24 bits per heavy atom. The third-order valence-corrected chi connectivity index (χ3v) is 2.58. The zero-order chi connectivity index (χ0) is 12.3. The number of aromatic nitrogens is 2. The lowest BCUT2D eigenvalue weighted by Gasteiger charge is -2.11. The second-order valence-corrected chi connectivity index (χ2v) is 3.57. The summed E-state index contributed by atoms with van der Waals surface area (Å²) < 4.78 is 1.94. The van der Waals surface area contributed by atoms with E-state index in [4.69, 9.17) is 10.9 Å². The molecule has 0 amide bonds. The second-order valence-electron chi connectivity index (χ2n) is 3.57. The Labute approximate surface area is 99.2 Å². The molecule has 17 heavy (non-hydrogen) atoms. The molecular weight excluding hydrogens is 216 g/mol. The van der Waals surface area contributed by atoms with Crippen LogP contribution in [0.15, 0.2) is 41.8 Å². The number of rotatable bonds is 3. The summed E-state index contributed by atoms with van der Waals surface area (Å²) in [7, 11) is 0. The number of aryl methyl sites for hydroxylation is 1. The van der Waals surface area contributed by atoms with Gasteiger partial charge >= 0.3 is 0 Å². The first-order valence-electron chi connectivity index (χ1n) is 5.37. The van der Waals surface area contributed by atoms with Gasteiger partial charge in [-0.05, 0) is 12.1 Å². The summed E-state index contributed by atoms with van der Waals surface area (Å²) in [6.45, 7) is 2.03. The highest BCUT2D eigenvalue weighted by Crippen LogP contribution is 2.16. The minimum atomic E-state index is 0.0938. The molecule has 0 aliphatic rings. The summed E-state index contributed by atoms with van der Waals surface area (Å²) in [6, 6.07) is 7.47. The number of oxime groups is 1. The van der Waals surface area contributed by atoms with E-state index in [1.807, 2.05) is 42.0 Å². The van der Waals surface area contributed by atoms with Crippen molar-refractivity contribution in [3.8, 4) is 5.69 Å². The van der Waals surface area contributed by atoms with Gasteiger partial charge in [-0.15, -0.1) is 0 Å². The van der Waals surface area contributed by atoms with E-state index in [2.05, 4.69) is 10.1 Å². The molecule has 0 atom stereocenters. The SMILES string of the molecule is CCc1nccn1-c1ccccc1/C(N)=N/O. The van der Waals surface area contributed by atoms with Crippen LogP contribution >= 0.6 is 0 Å². The zero-order valence-electron chi connectivity index (χ0n) is 9.54. The van der Waals surface area contributed by atoms with Crippen molar-refractivity contribution >= 4 is 5.84 Å². The molecule has 0 saturated heterocycles. The molecule has 2 rings (SSSR count). The molecule has 0 saturated carbocycles. The Balaban J connectivity index is 2.60. The van der Waals surface area contributed by atoms with Crippen molar-refractivity contribution < 1.29 is 5.21 Å². The summed E-state index contributed by atoms with van der Waals surface area (Å²) in [5.41, 5.74) is 7.20. The highest BCUT2D eigenvalue weighted by molar-refractivity contribution is 6.00. The normalized spacial score (nSPS) is 11.7. The van der Waals surface area contributed by atoms with Gasteiger partial charge in [-0.25, -0.2) is 4.98 Å². The molecule has 5 heteroatoms. The lowest BCUT2D eigenvalue weighted by molar-refractivity contribution is 0.318. The van der Waals surface area contributed by atoms with Crippen LogP contribution in [0, 0.1) is 0 Å². The van der Waals surface area contributed by atoms with E-state index in [9.17, 15) is 0 Å². The number of benzene rings is 1. The Bertz CT molecular complexity index is 545. The molecule has 0 aliphatic heterocycles. The maximum absolute atomic E-state index is 8.77. The summed E-state index contributed by atoms with van der Waals surface area (Å²) in [6.07, 6.45) is 4.42. The third kappa shape index (κ3) is 1.99. The monoisotopic (exact) mass is 230 g/mol. The first-order valence-corrected chi connectivity index (χ1v) is 5.37. The fourth-order valence-electron chi connectivity index (χ4n) is 1.77. The molecule has 0 spiro atoms. The van der Waals surface area contributed by atoms with E-state index in [0.717, 1.165) is 17.9 Å². The van der Waals surface area contributed by atoms with Gasteiger partial charge in [0.15, 0.2) is 5.84 Å². The number of hydrogen-bond donors (Lipinski definition) is 2. The van der Waals surface area contributed by atoms with Crippen LogP contribution < -0.4 is 5.73 Å². The lowest BCUT2D eigenvalue weighted by atomic mass is 10.1. The van der Waals surface area contributed by atoms with E-state index < -0.39 is 0 Å². The molecule has 2 aromatic rings. The van der Waals surface area contributed by atoms with Gasteiger partial charge in [0.2, 0.25) is 0 Å². The maximum atomic E-state index is 8.77. The average Bonchev–Trinajstić information content (AvgIpc) is 2.86. The van der Waals surface area contributed by atoms with Crippen LogP contribution in [-0.2, 0) is 6.42 Å². The number of imidazole rings is 1. The van der Waals surface area contributed by atoms with Gasteiger partial charge in [-0.2, -0.15) is 0 Å². The van der Waals surface area contributed by atoms with E-state index in [-0.39, 0.29) is 5.84 Å². The van der Waals surface area contributed by atoms with Gasteiger partial charge in [0.1, 0.15) is 5.82 Å².